The number of ether oxygens (including phenoxy) is 1. The van der Waals surface area contributed by atoms with Crippen molar-refractivity contribution in [2.75, 3.05) is 25.5 Å². The number of fused-ring (bicyclic) bond motifs is 1. The Balaban J connectivity index is 1.41. The summed E-state index contributed by atoms with van der Waals surface area (Å²) in [5, 5.41) is 8.86. The van der Waals surface area contributed by atoms with Gasteiger partial charge in [-0.3, -0.25) is 9.25 Å². The first-order valence-electron chi connectivity index (χ1n) is 11.2. The molecule has 0 radical (unpaired) electrons. The number of anilines is 2. The smallest absolute Gasteiger partial charge is 0.229 e. The highest BCUT2D eigenvalue weighted by Crippen LogP contribution is 2.28. The highest BCUT2D eigenvalue weighted by Gasteiger charge is 2.19. The summed E-state index contributed by atoms with van der Waals surface area (Å²) in [6.07, 6.45) is 10.1. The first-order valence-corrected chi connectivity index (χ1v) is 11.2. The lowest BCUT2D eigenvalue weighted by Crippen LogP contribution is -2.31. The van der Waals surface area contributed by atoms with Gasteiger partial charge in [0.1, 0.15) is 11.4 Å². The van der Waals surface area contributed by atoms with E-state index in [0.717, 1.165) is 54.1 Å². The highest BCUT2D eigenvalue weighted by molar-refractivity contribution is 5.79. The third-order valence-electron chi connectivity index (χ3n) is 5.83. The number of hydrogen-bond acceptors (Lipinski definition) is 6. The van der Waals surface area contributed by atoms with Gasteiger partial charge in [-0.15, -0.1) is 0 Å². The monoisotopic (exact) mass is 431 g/mol. The number of benzene rings is 1. The first kappa shape index (κ1) is 20.5. The van der Waals surface area contributed by atoms with Crippen LogP contribution in [-0.2, 0) is 0 Å². The molecule has 0 atom stereocenters. The van der Waals surface area contributed by atoms with Gasteiger partial charge in [0.05, 0.1) is 29.7 Å². The van der Waals surface area contributed by atoms with E-state index in [4.69, 9.17) is 9.72 Å². The second-order valence-corrected chi connectivity index (χ2v) is 8.66. The van der Waals surface area contributed by atoms with Gasteiger partial charge in [-0.1, -0.05) is 12.1 Å². The molecule has 0 aliphatic carbocycles. The fourth-order valence-electron chi connectivity index (χ4n) is 4.17. The minimum Gasteiger partial charge on any atom is -0.489 e. The van der Waals surface area contributed by atoms with Gasteiger partial charge in [0, 0.05) is 24.0 Å². The average molecular weight is 432 g/mol. The number of aromatic nitrogens is 5. The molecule has 8 heteroatoms. The molecule has 1 saturated heterocycles. The van der Waals surface area contributed by atoms with Crippen molar-refractivity contribution in [2.24, 2.45) is 0 Å². The summed E-state index contributed by atoms with van der Waals surface area (Å²) in [4.78, 5) is 11.7. The quantitative estimate of drug-likeness (QED) is 0.487. The lowest BCUT2D eigenvalue weighted by molar-refractivity contribution is 0.212. The van der Waals surface area contributed by atoms with Gasteiger partial charge in [0.25, 0.3) is 0 Å². The van der Waals surface area contributed by atoms with E-state index in [1.807, 2.05) is 73.5 Å². The van der Waals surface area contributed by atoms with Gasteiger partial charge >= 0.3 is 0 Å². The molecular weight excluding hydrogens is 402 g/mol. The van der Waals surface area contributed by atoms with Crippen molar-refractivity contribution in [3.05, 3.63) is 55.1 Å². The second kappa shape index (κ2) is 8.63. The van der Waals surface area contributed by atoms with Crippen LogP contribution in [0.25, 0.3) is 16.7 Å². The van der Waals surface area contributed by atoms with Crippen LogP contribution in [0.1, 0.15) is 32.7 Å². The van der Waals surface area contributed by atoms with E-state index in [1.165, 1.54) is 0 Å². The molecule has 0 bridgehead atoms. The number of nitrogens with one attached hydrogen (secondary N) is 1. The molecule has 1 N–H and O–H groups in total. The van der Waals surface area contributed by atoms with Crippen LogP contribution in [0, 0.1) is 0 Å². The normalized spacial score (nSPS) is 15.5. The lowest BCUT2D eigenvalue weighted by atomic mass is 10.1. The summed E-state index contributed by atoms with van der Waals surface area (Å²) in [6, 6.07) is 10.5. The van der Waals surface area contributed by atoms with Crippen LogP contribution in [-0.4, -0.2) is 55.5 Å². The highest BCUT2D eigenvalue weighted by atomic mass is 16.5. The van der Waals surface area contributed by atoms with Crippen molar-refractivity contribution in [3.8, 4) is 11.4 Å². The van der Waals surface area contributed by atoms with Crippen LogP contribution in [0.15, 0.2) is 55.1 Å². The molecule has 0 saturated carbocycles. The minimum absolute atomic E-state index is 0.0888. The third kappa shape index (κ3) is 4.18. The Hall–Kier alpha value is -3.39. The molecule has 166 valence electrons. The van der Waals surface area contributed by atoms with Gasteiger partial charge in [-0.2, -0.15) is 10.1 Å². The molecule has 32 heavy (non-hydrogen) atoms. The van der Waals surface area contributed by atoms with Gasteiger partial charge in [-0.25, -0.2) is 4.98 Å². The number of rotatable bonds is 6. The molecule has 3 aromatic heterocycles. The molecule has 4 aromatic rings. The van der Waals surface area contributed by atoms with Gasteiger partial charge in [0.2, 0.25) is 5.95 Å². The SMILES string of the molecule is CC(C)Oc1ccccc1-n1ccc2cnc(Nc3cnn(C4CCN(C)CC4)c3)nc21. The predicted octanol–water partition coefficient (Wildman–Crippen LogP) is 4.41. The molecule has 1 fully saturated rings. The molecule has 0 spiro atoms. The Morgan fingerprint density at radius 1 is 1.09 bits per heavy atom. The van der Waals surface area contributed by atoms with Crippen molar-refractivity contribution in [2.45, 2.75) is 38.8 Å². The molecule has 8 nitrogen and oxygen atoms in total. The Morgan fingerprint density at radius 3 is 2.72 bits per heavy atom. The molecular formula is C24H29N7O. The van der Waals surface area contributed by atoms with Crippen molar-refractivity contribution >= 4 is 22.7 Å². The van der Waals surface area contributed by atoms with E-state index in [9.17, 15) is 0 Å². The molecule has 1 aliphatic rings. The Labute approximate surface area is 187 Å². The van der Waals surface area contributed by atoms with E-state index in [1.54, 1.807) is 0 Å². The topological polar surface area (TPSA) is 73.0 Å². The van der Waals surface area contributed by atoms with E-state index >= 15 is 0 Å². The zero-order valence-electron chi connectivity index (χ0n) is 18.8. The number of nitrogens with zero attached hydrogens (tertiary/aromatic N) is 6. The maximum atomic E-state index is 6.02. The van der Waals surface area contributed by atoms with Crippen molar-refractivity contribution in [1.29, 1.82) is 0 Å². The Kier molecular flexibility index (Phi) is 5.53. The van der Waals surface area contributed by atoms with Crippen LogP contribution >= 0.6 is 0 Å². The molecule has 1 aliphatic heterocycles. The first-order chi connectivity index (χ1) is 15.6. The standard InChI is InChI=1S/C24H29N7O/c1-17(2)32-22-7-5-4-6-21(22)30-13-8-18-14-25-24(28-23(18)30)27-19-15-26-31(16-19)20-9-11-29(3)12-10-20/h4-8,13-17,20H,9-12H2,1-3H3,(H,25,27,28). The lowest BCUT2D eigenvalue weighted by Gasteiger charge is -2.28. The van der Waals surface area contributed by atoms with E-state index in [0.29, 0.717) is 12.0 Å². The van der Waals surface area contributed by atoms with Crippen LogP contribution in [0.4, 0.5) is 11.6 Å². The number of para-hydroxylation sites is 2. The van der Waals surface area contributed by atoms with Crippen molar-refractivity contribution in [3.63, 3.8) is 0 Å². The summed E-state index contributed by atoms with van der Waals surface area (Å²) in [6.45, 7) is 6.26. The van der Waals surface area contributed by atoms with Crippen LogP contribution < -0.4 is 10.1 Å². The second-order valence-electron chi connectivity index (χ2n) is 8.66. The van der Waals surface area contributed by atoms with Gasteiger partial charge in [0.15, 0.2) is 0 Å². The maximum absolute atomic E-state index is 6.02. The fraction of sp³-hybridized carbons (Fsp3) is 0.375. The molecule has 4 heterocycles. The van der Waals surface area contributed by atoms with E-state index < -0.39 is 0 Å². The summed E-state index contributed by atoms with van der Waals surface area (Å²) in [7, 11) is 2.17. The van der Waals surface area contributed by atoms with Gasteiger partial charge < -0.3 is 15.0 Å². The Bertz CT molecular complexity index is 1200. The number of piperidine rings is 1. The third-order valence-corrected chi connectivity index (χ3v) is 5.83. The fourth-order valence-corrected chi connectivity index (χ4v) is 4.17. The molecule has 5 rings (SSSR count). The Morgan fingerprint density at radius 2 is 1.91 bits per heavy atom. The molecule has 0 amide bonds. The zero-order valence-corrected chi connectivity index (χ0v) is 18.8. The van der Waals surface area contributed by atoms with E-state index in [-0.39, 0.29) is 6.10 Å². The average Bonchev–Trinajstić information content (AvgIpc) is 3.41. The van der Waals surface area contributed by atoms with Crippen molar-refractivity contribution < 1.29 is 4.74 Å². The maximum Gasteiger partial charge on any atom is 0.229 e. The molecule has 1 aromatic carbocycles. The van der Waals surface area contributed by atoms with Crippen LogP contribution in [0.3, 0.4) is 0 Å². The minimum atomic E-state index is 0.0888. The van der Waals surface area contributed by atoms with Crippen LogP contribution in [0.5, 0.6) is 5.75 Å². The summed E-state index contributed by atoms with van der Waals surface area (Å²) < 4.78 is 10.1. The van der Waals surface area contributed by atoms with Gasteiger partial charge in [-0.05, 0) is 65.0 Å². The summed E-state index contributed by atoms with van der Waals surface area (Å²) in [5.41, 5.74) is 2.67. The summed E-state index contributed by atoms with van der Waals surface area (Å²) in [5.74, 6) is 1.37. The number of likely N-dealkylation sites (tertiary alicyclic amines) is 1. The zero-order chi connectivity index (χ0) is 22.1. The van der Waals surface area contributed by atoms with Crippen LogP contribution in [0.2, 0.25) is 0 Å². The van der Waals surface area contributed by atoms with E-state index in [2.05, 4.69) is 32.0 Å². The van der Waals surface area contributed by atoms with Crippen molar-refractivity contribution in [1.82, 2.24) is 29.2 Å². The molecule has 0 unspecified atom stereocenters. The predicted molar refractivity (Wildman–Crippen MR) is 126 cm³/mol. The summed E-state index contributed by atoms with van der Waals surface area (Å²) >= 11 is 0. The number of hydrogen-bond donors (Lipinski definition) is 1. The largest absolute Gasteiger partial charge is 0.489 e.